The fraction of sp³-hybridized carbons (Fsp3) is 1.00. The molecule has 6 heteroatoms. The van der Waals surface area contributed by atoms with Crippen molar-refractivity contribution in [2.24, 2.45) is 0 Å². The number of unbranched alkanes of at least 4 members (excludes halogenated alkanes) is 11. The Balaban J connectivity index is 0. The fourth-order valence-electron chi connectivity index (χ4n) is 3.28. The maximum Gasteiger partial charge on any atom is 1.00 e. The molecule has 2 atom stereocenters. The van der Waals surface area contributed by atoms with Gasteiger partial charge in [-0.05, 0) is 26.2 Å². The minimum atomic E-state index is -4.14. The van der Waals surface area contributed by atoms with Crippen molar-refractivity contribution in [1.82, 2.24) is 0 Å². The quantitative estimate of drug-likeness (QED) is 0.212. The Morgan fingerprint density at radius 3 is 1.42 bits per heavy atom. The predicted molar refractivity (Wildman–Crippen MR) is 105 cm³/mol. The molecule has 0 fully saturated rings. The maximum atomic E-state index is 11.4. The van der Waals surface area contributed by atoms with Gasteiger partial charge in [0.1, 0.15) is 0 Å². The first-order chi connectivity index (χ1) is 11.9. The van der Waals surface area contributed by atoms with Crippen molar-refractivity contribution >= 4 is 10.1 Å². The summed E-state index contributed by atoms with van der Waals surface area (Å²) in [6.07, 6.45) is 16.2. The molecule has 0 amide bonds. The second kappa shape index (κ2) is 19.8. The van der Waals surface area contributed by atoms with Gasteiger partial charge < -0.3 is 9.66 Å². The molecule has 0 aromatic carbocycles. The first-order valence-electron chi connectivity index (χ1n) is 10.5. The summed E-state index contributed by atoms with van der Waals surface area (Å²) in [5.41, 5.74) is 0. The van der Waals surface area contributed by atoms with Gasteiger partial charge in [-0.1, -0.05) is 90.4 Å². The summed E-state index contributed by atoms with van der Waals surface area (Å²) in [6, 6.07) is 0. The molecule has 0 aliphatic heterocycles. The van der Waals surface area contributed by atoms with Crippen LogP contribution < -0.4 is 51.4 Å². The van der Waals surface area contributed by atoms with Crippen LogP contribution in [0.25, 0.3) is 0 Å². The van der Waals surface area contributed by atoms with Crippen LogP contribution in [-0.4, -0.2) is 29.4 Å². The number of hydrogen-bond acceptors (Lipinski definition) is 4. The summed E-state index contributed by atoms with van der Waals surface area (Å²) in [4.78, 5) is 0. The monoisotopic (exact) mass is 416 g/mol. The Hall–Kier alpha value is 1.51. The van der Waals surface area contributed by atoms with Crippen LogP contribution in [0.4, 0.5) is 0 Å². The maximum absolute atomic E-state index is 11.4. The normalized spacial score (nSPS) is 14.0. The minimum absolute atomic E-state index is 0. The average Bonchev–Trinajstić information content (AvgIpc) is 2.53. The van der Waals surface area contributed by atoms with E-state index in [2.05, 4.69) is 6.92 Å². The van der Waals surface area contributed by atoms with E-state index >= 15 is 0 Å². The third-order valence-corrected chi connectivity index (χ3v) is 6.22. The molecule has 152 valence electrons. The molecule has 0 saturated heterocycles. The molecular formula is C20H41KO4S. The van der Waals surface area contributed by atoms with E-state index in [9.17, 15) is 18.1 Å². The van der Waals surface area contributed by atoms with Crippen molar-refractivity contribution in [2.45, 2.75) is 128 Å². The van der Waals surface area contributed by atoms with Gasteiger partial charge in [0.2, 0.25) is 0 Å². The molecule has 0 radical (unpaired) electrons. The van der Waals surface area contributed by atoms with Gasteiger partial charge in [-0.25, -0.2) is 8.42 Å². The molecule has 1 N–H and O–H groups in total. The predicted octanol–water partition coefficient (Wildman–Crippen LogP) is 2.55. The van der Waals surface area contributed by atoms with Crippen LogP contribution in [0.1, 0.15) is 117 Å². The summed E-state index contributed by atoms with van der Waals surface area (Å²) in [6.45, 7) is 3.96. The van der Waals surface area contributed by atoms with Crippen LogP contribution in [0.3, 0.4) is 0 Å². The summed E-state index contributed by atoms with van der Waals surface area (Å²) in [7, 11) is -4.14. The van der Waals surface area contributed by atoms with Gasteiger partial charge in [0, 0.05) is 5.25 Å². The zero-order chi connectivity index (χ0) is 19.0. The number of aliphatic hydroxyl groups is 1. The van der Waals surface area contributed by atoms with Crippen molar-refractivity contribution in [3.63, 3.8) is 0 Å². The third kappa shape index (κ3) is 20.2. The number of hydrogen-bond donors (Lipinski definition) is 1. The van der Waals surface area contributed by atoms with Crippen LogP contribution >= 0.6 is 0 Å². The van der Waals surface area contributed by atoms with E-state index in [1.54, 1.807) is 0 Å². The Morgan fingerprint density at radius 2 is 1.08 bits per heavy atom. The molecule has 0 aliphatic rings. The van der Waals surface area contributed by atoms with Gasteiger partial charge in [-0.2, -0.15) is 0 Å². The van der Waals surface area contributed by atoms with Crippen molar-refractivity contribution in [2.75, 3.05) is 0 Å². The van der Waals surface area contributed by atoms with Gasteiger partial charge in [-0.15, -0.1) is 0 Å². The van der Waals surface area contributed by atoms with Gasteiger partial charge in [0.15, 0.2) is 0 Å². The number of aliphatic hydroxyl groups excluding tert-OH is 1. The second-order valence-electron chi connectivity index (χ2n) is 7.57. The van der Waals surface area contributed by atoms with Crippen LogP contribution in [0.5, 0.6) is 0 Å². The van der Waals surface area contributed by atoms with Gasteiger partial charge in [-0.3, -0.25) is 0 Å². The van der Waals surface area contributed by atoms with Gasteiger partial charge in [0.05, 0.1) is 16.2 Å². The SMILES string of the molecule is CCCCCCC(CCCCCCCCCCCC(C)O)S(=O)(=O)[O-].[K+]. The number of rotatable bonds is 18. The molecule has 0 aliphatic carbocycles. The standard InChI is InChI=1S/C20H42O4S.K/c1-3-4-5-14-17-20(25(22,23)24)18-15-12-10-8-6-7-9-11-13-16-19(2)21;/h19-21H,3-18H2,1-2H3,(H,22,23,24);/q;+1/p-1. The van der Waals surface area contributed by atoms with Crippen LogP contribution in [0, 0.1) is 0 Å². The van der Waals surface area contributed by atoms with E-state index in [0.717, 1.165) is 57.8 Å². The van der Waals surface area contributed by atoms with Crippen molar-refractivity contribution in [3.8, 4) is 0 Å². The van der Waals surface area contributed by atoms with Gasteiger partial charge in [0.25, 0.3) is 0 Å². The van der Waals surface area contributed by atoms with Crippen LogP contribution in [0.15, 0.2) is 0 Å². The van der Waals surface area contributed by atoms with E-state index in [1.807, 2.05) is 6.92 Å². The summed E-state index contributed by atoms with van der Waals surface area (Å²) < 4.78 is 34.1. The van der Waals surface area contributed by atoms with Gasteiger partial charge >= 0.3 is 51.4 Å². The van der Waals surface area contributed by atoms with E-state index in [4.69, 9.17) is 0 Å². The first-order valence-corrected chi connectivity index (χ1v) is 12.0. The molecule has 4 nitrogen and oxygen atoms in total. The first kappa shape index (κ1) is 29.7. The Bertz CT molecular complexity index is 385. The van der Waals surface area contributed by atoms with Crippen molar-refractivity contribution in [3.05, 3.63) is 0 Å². The smallest absolute Gasteiger partial charge is 0.748 e. The molecule has 0 saturated carbocycles. The van der Waals surface area contributed by atoms with E-state index in [1.165, 1.54) is 32.1 Å². The molecule has 0 aromatic heterocycles. The Labute approximate surface area is 205 Å². The summed E-state index contributed by atoms with van der Waals surface area (Å²) in [5.74, 6) is 0. The molecule has 26 heavy (non-hydrogen) atoms. The molecular weight excluding hydrogens is 375 g/mol. The molecule has 0 heterocycles. The molecule has 0 aromatic rings. The fourth-order valence-corrected chi connectivity index (χ4v) is 4.19. The summed E-state index contributed by atoms with van der Waals surface area (Å²) >= 11 is 0. The zero-order valence-electron chi connectivity index (χ0n) is 17.5. The largest absolute Gasteiger partial charge is 1.00 e. The second-order valence-corrected chi connectivity index (χ2v) is 9.22. The van der Waals surface area contributed by atoms with Crippen LogP contribution in [-0.2, 0) is 10.1 Å². The zero-order valence-corrected chi connectivity index (χ0v) is 21.5. The topological polar surface area (TPSA) is 77.4 Å². The third-order valence-electron chi connectivity index (χ3n) is 4.94. The van der Waals surface area contributed by atoms with Crippen molar-refractivity contribution in [1.29, 1.82) is 0 Å². The van der Waals surface area contributed by atoms with E-state index < -0.39 is 15.4 Å². The van der Waals surface area contributed by atoms with E-state index in [-0.39, 0.29) is 57.5 Å². The minimum Gasteiger partial charge on any atom is -0.748 e. The molecule has 0 rings (SSSR count). The molecule has 2 unspecified atom stereocenters. The Morgan fingerprint density at radius 1 is 0.731 bits per heavy atom. The Kier molecular flexibility index (Phi) is 22.6. The molecule has 0 spiro atoms. The average molecular weight is 417 g/mol. The summed E-state index contributed by atoms with van der Waals surface area (Å²) in [5, 5.41) is 8.51. The van der Waals surface area contributed by atoms with E-state index in [0.29, 0.717) is 12.8 Å². The molecule has 0 bridgehead atoms. The van der Waals surface area contributed by atoms with Crippen molar-refractivity contribution < 1.29 is 69.5 Å². The van der Waals surface area contributed by atoms with Crippen LogP contribution in [0.2, 0.25) is 0 Å².